The number of thioether (sulfide) groups is 1. The van der Waals surface area contributed by atoms with Gasteiger partial charge in [0, 0.05) is 17.8 Å². The second-order valence-corrected chi connectivity index (χ2v) is 6.56. The highest BCUT2D eigenvalue weighted by Gasteiger charge is 2.17. The number of non-ortho nitro benzene ring substituents is 1. The molecule has 128 valence electrons. The lowest BCUT2D eigenvalue weighted by Crippen LogP contribution is -2.29. The summed E-state index contributed by atoms with van der Waals surface area (Å²) in [5, 5.41) is 14.4. The van der Waals surface area contributed by atoms with Crippen LogP contribution in [-0.2, 0) is 11.8 Å². The van der Waals surface area contributed by atoms with Crippen LogP contribution >= 0.6 is 11.8 Å². The molecule has 2 aromatic carbocycles. The van der Waals surface area contributed by atoms with Crippen molar-refractivity contribution in [2.24, 2.45) is 7.05 Å². The van der Waals surface area contributed by atoms with Gasteiger partial charge in [0.25, 0.3) is 5.69 Å². The molecule has 0 fully saturated rings. The molecule has 8 heteroatoms. The predicted molar refractivity (Wildman–Crippen MR) is 96.7 cm³/mol. The highest BCUT2D eigenvalue weighted by Crippen LogP contribution is 2.22. The van der Waals surface area contributed by atoms with Gasteiger partial charge in [-0.05, 0) is 42.4 Å². The second-order valence-electron chi connectivity index (χ2n) is 5.60. The zero-order valence-corrected chi connectivity index (χ0v) is 14.6. The van der Waals surface area contributed by atoms with Gasteiger partial charge in [0.2, 0.25) is 5.91 Å². The number of fused-ring (bicyclic) bond motifs is 1. The summed E-state index contributed by atoms with van der Waals surface area (Å²) in [5.74, 6) is 0.0671. The van der Waals surface area contributed by atoms with Crippen LogP contribution in [0.5, 0.6) is 0 Å². The number of hydrogen-bond acceptors (Lipinski definition) is 4. The van der Waals surface area contributed by atoms with Crippen LogP contribution in [0.25, 0.3) is 11.0 Å². The van der Waals surface area contributed by atoms with Crippen LogP contribution in [0.15, 0.2) is 47.6 Å². The first-order valence-electron chi connectivity index (χ1n) is 7.60. The van der Waals surface area contributed by atoms with Gasteiger partial charge >= 0.3 is 5.16 Å². The summed E-state index contributed by atoms with van der Waals surface area (Å²) < 4.78 is 2.00. The summed E-state index contributed by atoms with van der Waals surface area (Å²) in [7, 11) is 1.94. The van der Waals surface area contributed by atoms with Crippen LogP contribution in [0, 0.1) is 17.0 Å². The van der Waals surface area contributed by atoms with E-state index in [1.807, 2.05) is 35.9 Å². The third kappa shape index (κ3) is 3.63. The van der Waals surface area contributed by atoms with E-state index < -0.39 is 4.92 Å². The number of nitrogens with zero attached hydrogens (tertiary/aromatic N) is 2. The van der Waals surface area contributed by atoms with Gasteiger partial charge < -0.3 is 5.32 Å². The Bertz CT molecular complexity index is 968. The summed E-state index contributed by atoms with van der Waals surface area (Å²) in [6.07, 6.45) is 0. The van der Waals surface area contributed by atoms with E-state index in [-0.39, 0.29) is 17.3 Å². The number of nitrogens with one attached hydrogen (secondary N) is 2. The standard InChI is InChI=1S/C17H16N4O3S/c1-11-9-12(21(23)24)7-8-13(11)18-16(22)10-25-17-19-14-5-3-4-6-15(14)20(17)2/h3-9H,10H2,1-2H3,(H,18,22)/p+1. The summed E-state index contributed by atoms with van der Waals surface area (Å²) in [4.78, 5) is 25.8. The minimum absolute atomic E-state index is 0.00924. The van der Waals surface area contributed by atoms with E-state index in [4.69, 9.17) is 0 Å². The first-order chi connectivity index (χ1) is 12.0. The highest BCUT2D eigenvalue weighted by atomic mass is 32.2. The van der Waals surface area contributed by atoms with Crippen molar-refractivity contribution in [2.75, 3.05) is 11.1 Å². The Labute approximate surface area is 148 Å². The van der Waals surface area contributed by atoms with Gasteiger partial charge in [0.05, 0.1) is 17.7 Å². The largest absolute Gasteiger partial charge is 0.325 e. The van der Waals surface area contributed by atoms with Gasteiger partial charge in [-0.25, -0.2) is 9.55 Å². The molecular weight excluding hydrogens is 340 g/mol. The zero-order chi connectivity index (χ0) is 18.0. The van der Waals surface area contributed by atoms with Crippen LogP contribution in [0.4, 0.5) is 11.4 Å². The molecule has 3 aromatic rings. The maximum Gasteiger partial charge on any atom is 0.317 e. The fraction of sp³-hybridized carbons (Fsp3) is 0.176. The molecule has 0 spiro atoms. The number of anilines is 1. The molecule has 0 aliphatic heterocycles. The molecule has 0 aliphatic rings. The van der Waals surface area contributed by atoms with E-state index in [2.05, 4.69) is 10.3 Å². The number of aryl methyl sites for hydroxylation is 2. The molecule has 3 rings (SSSR count). The van der Waals surface area contributed by atoms with Gasteiger partial charge in [-0.15, -0.1) is 0 Å². The van der Waals surface area contributed by atoms with Gasteiger partial charge in [0.1, 0.15) is 0 Å². The summed E-state index contributed by atoms with van der Waals surface area (Å²) in [5.41, 5.74) is 3.33. The number of aromatic amines is 1. The molecule has 0 saturated carbocycles. The number of amides is 1. The van der Waals surface area contributed by atoms with Crippen LogP contribution in [0.3, 0.4) is 0 Å². The number of carbonyl (C=O) groups is 1. The molecule has 0 saturated heterocycles. The number of para-hydroxylation sites is 2. The fourth-order valence-corrected chi connectivity index (χ4v) is 3.35. The van der Waals surface area contributed by atoms with Gasteiger partial charge in [-0.1, -0.05) is 12.1 Å². The van der Waals surface area contributed by atoms with Crippen molar-refractivity contribution in [1.29, 1.82) is 0 Å². The molecular formula is C17H17N4O3S+. The Morgan fingerprint density at radius 2 is 2.08 bits per heavy atom. The van der Waals surface area contributed by atoms with Crippen LogP contribution < -0.4 is 9.88 Å². The number of aromatic nitrogens is 2. The van der Waals surface area contributed by atoms with Crippen molar-refractivity contribution in [3.05, 3.63) is 58.1 Å². The number of rotatable bonds is 5. The SMILES string of the molecule is Cc1cc([N+](=O)[O-])ccc1NC(=O)CSc1[nH]c2ccccc2[n+]1C. The third-order valence-corrected chi connectivity index (χ3v) is 4.90. The van der Waals surface area contributed by atoms with Crippen molar-refractivity contribution in [1.82, 2.24) is 4.98 Å². The van der Waals surface area contributed by atoms with Crippen molar-refractivity contribution >= 4 is 40.1 Å². The average Bonchev–Trinajstić information content (AvgIpc) is 2.91. The minimum Gasteiger partial charge on any atom is -0.325 e. The van der Waals surface area contributed by atoms with E-state index in [9.17, 15) is 14.9 Å². The lowest BCUT2D eigenvalue weighted by molar-refractivity contribution is -0.683. The average molecular weight is 357 g/mol. The topological polar surface area (TPSA) is 91.9 Å². The fourth-order valence-electron chi connectivity index (χ4n) is 2.54. The Morgan fingerprint density at radius 1 is 1.32 bits per heavy atom. The number of nitro groups is 1. The molecule has 0 radical (unpaired) electrons. The molecule has 1 amide bonds. The molecule has 0 aliphatic carbocycles. The van der Waals surface area contributed by atoms with E-state index in [0.717, 1.165) is 16.2 Å². The van der Waals surface area contributed by atoms with Crippen LogP contribution in [0.2, 0.25) is 0 Å². The maximum atomic E-state index is 12.2. The highest BCUT2D eigenvalue weighted by molar-refractivity contribution is 7.99. The lowest BCUT2D eigenvalue weighted by Gasteiger charge is -2.07. The van der Waals surface area contributed by atoms with Crippen molar-refractivity contribution in [3.8, 4) is 0 Å². The molecule has 1 heterocycles. The normalized spacial score (nSPS) is 10.8. The Morgan fingerprint density at radius 3 is 2.76 bits per heavy atom. The Balaban J connectivity index is 1.66. The smallest absolute Gasteiger partial charge is 0.317 e. The Kier molecular flexibility index (Phi) is 4.71. The Hall–Kier alpha value is -2.87. The number of imidazole rings is 1. The molecule has 7 nitrogen and oxygen atoms in total. The van der Waals surface area contributed by atoms with E-state index >= 15 is 0 Å². The second kappa shape index (κ2) is 6.94. The van der Waals surface area contributed by atoms with Crippen molar-refractivity contribution in [2.45, 2.75) is 12.1 Å². The third-order valence-electron chi connectivity index (χ3n) is 3.85. The van der Waals surface area contributed by atoms with Crippen LogP contribution in [-0.4, -0.2) is 21.6 Å². The van der Waals surface area contributed by atoms with E-state index in [0.29, 0.717) is 11.3 Å². The lowest BCUT2D eigenvalue weighted by atomic mass is 10.2. The van der Waals surface area contributed by atoms with Crippen molar-refractivity contribution in [3.63, 3.8) is 0 Å². The number of hydrogen-bond donors (Lipinski definition) is 2. The molecule has 0 unspecified atom stereocenters. The van der Waals surface area contributed by atoms with E-state index in [1.54, 1.807) is 13.0 Å². The van der Waals surface area contributed by atoms with Gasteiger partial charge in [-0.2, -0.15) is 0 Å². The van der Waals surface area contributed by atoms with Crippen molar-refractivity contribution < 1.29 is 14.3 Å². The van der Waals surface area contributed by atoms with Gasteiger partial charge in [0.15, 0.2) is 11.0 Å². The molecule has 25 heavy (non-hydrogen) atoms. The molecule has 1 aromatic heterocycles. The number of nitro benzene ring substituents is 1. The first-order valence-corrected chi connectivity index (χ1v) is 8.58. The number of H-pyrrole nitrogens is 1. The summed E-state index contributed by atoms with van der Waals surface area (Å²) in [6, 6.07) is 12.3. The minimum atomic E-state index is -0.454. The van der Waals surface area contributed by atoms with Crippen LogP contribution in [0.1, 0.15) is 5.56 Å². The number of carbonyl (C=O) groups excluding carboxylic acids is 1. The monoisotopic (exact) mass is 357 g/mol. The maximum absolute atomic E-state index is 12.2. The predicted octanol–water partition coefficient (Wildman–Crippen LogP) is 2.94. The molecule has 0 bridgehead atoms. The summed E-state index contributed by atoms with van der Waals surface area (Å²) >= 11 is 1.40. The molecule has 0 atom stereocenters. The quantitative estimate of drug-likeness (QED) is 0.318. The van der Waals surface area contributed by atoms with E-state index in [1.165, 1.54) is 23.9 Å². The van der Waals surface area contributed by atoms with Gasteiger partial charge in [-0.3, -0.25) is 14.9 Å². The molecule has 2 N–H and O–H groups in total. The number of benzene rings is 2. The first kappa shape index (κ1) is 17.0. The summed E-state index contributed by atoms with van der Waals surface area (Å²) in [6.45, 7) is 1.73. The zero-order valence-electron chi connectivity index (χ0n) is 13.8.